The van der Waals surface area contributed by atoms with Gasteiger partial charge in [0.05, 0.1) is 17.9 Å². The zero-order valence-corrected chi connectivity index (χ0v) is 15.4. The van der Waals surface area contributed by atoms with Gasteiger partial charge in [-0.3, -0.25) is 9.64 Å². The van der Waals surface area contributed by atoms with E-state index in [1.54, 1.807) is 0 Å². The highest BCUT2D eigenvalue weighted by molar-refractivity contribution is 5.90. The molecule has 2 fully saturated rings. The maximum atomic E-state index is 14.5. The van der Waals surface area contributed by atoms with Gasteiger partial charge in [-0.1, -0.05) is 20.8 Å². The fourth-order valence-corrected chi connectivity index (χ4v) is 2.91. The van der Waals surface area contributed by atoms with Crippen molar-refractivity contribution in [2.45, 2.75) is 45.2 Å². The minimum absolute atomic E-state index is 0.105. The summed E-state index contributed by atoms with van der Waals surface area (Å²) in [6.45, 7) is 4.97. The fraction of sp³-hybridized carbons (Fsp3) is 0.588. The number of ether oxygens (including phenoxy) is 2. The Hall–Kier alpha value is -1.98. The number of carbonyl (C=O) groups excluding carboxylic acids is 1. The summed E-state index contributed by atoms with van der Waals surface area (Å²) < 4.78 is 23.9. The fourth-order valence-electron chi connectivity index (χ4n) is 2.91. The van der Waals surface area contributed by atoms with E-state index in [1.807, 2.05) is 20.8 Å². The van der Waals surface area contributed by atoms with Crippen LogP contribution < -0.4 is 9.80 Å². The lowest BCUT2D eigenvalue weighted by atomic mass is 10.2. The summed E-state index contributed by atoms with van der Waals surface area (Å²) in [7, 11) is 0. The molecular formula is C17H25FN2O7. The predicted octanol–water partition coefficient (Wildman–Crippen LogP) is 0.700. The van der Waals surface area contributed by atoms with Crippen molar-refractivity contribution in [1.29, 1.82) is 0 Å². The second-order valence-corrected chi connectivity index (χ2v) is 6.10. The number of β-amino-alcohol motifs (C(OH)–C–C–N with tert-alkyl or cyclic N) is 4. The minimum Gasteiger partial charge on any atom is -0.444 e. The van der Waals surface area contributed by atoms with Crippen LogP contribution >= 0.6 is 0 Å². The first-order valence-corrected chi connectivity index (χ1v) is 8.72. The second kappa shape index (κ2) is 7.95. The van der Waals surface area contributed by atoms with E-state index < -0.39 is 36.9 Å². The van der Waals surface area contributed by atoms with Crippen molar-refractivity contribution < 1.29 is 39.1 Å². The van der Waals surface area contributed by atoms with Crippen molar-refractivity contribution in [2.24, 2.45) is 0 Å². The number of benzene rings is 1. The molecule has 1 amide bonds. The van der Waals surface area contributed by atoms with Crippen LogP contribution in [-0.4, -0.2) is 64.2 Å². The average molecular weight is 388 g/mol. The Kier molecular flexibility index (Phi) is 6.28. The van der Waals surface area contributed by atoms with Gasteiger partial charge in [-0.2, -0.15) is 0 Å². The molecule has 0 saturated carbocycles. The molecular weight excluding hydrogens is 363 g/mol. The number of nitrogens with zero attached hydrogens (tertiary/aromatic N) is 2. The molecule has 3 rings (SSSR count). The van der Waals surface area contributed by atoms with Crippen LogP contribution in [-0.2, 0) is 9.47 Å². The molecule has 0 spiro atoms. The van der Waals surface area contributed by atoms with E-state index in [0.717, 1.165) is 11.0 Å². The number of hydrogen-bond acceptors (Lipinski definition) is 8. The summed E-state index contributed by atoms with van der Waals surface area (Å²) in [5, 5.41) is 38.1. The van der Waals surface area contributed by atoms with Crippen LogP contribution in [0.25, 0.3) is 0 Å². The first kappa shape index (κ1) is 21.3. The molecule has 2 saturated heterocycles. The largest absolute Gasteiger partial charge is 0.444 e. The molecule has 2 heterocycles. The highest BCUT2D eigenvalue weighted by Crippen LogP contribution is 2.32. The molecule has 1 aromatic carbocycles. The van der Waals surface area contributed by atoms with Gasteiger partial charge in [-0.15, -0.1) is 0 Å². The Morgan fingerprint density at radius 3 is 2.26 bits per heavy atom. The Balaban J connectivity index is 0.00000126. The zero-order chi connectivity index (χ0) is 20.4. The lowest BCUT2D eigenvalue weighted by Gasteiger charge is -2.42. The number of rotatable bonds is 3. The number of cyclic esters (lactones) is 1. The van der Waals surface area contributed by atoms with Gasteiger partial charge in [0, 0.05) is 0 Å². The number of amides is 1. The highest BCUT2D eigenvalue weighted by atomic mass is 19.1. The van der Waals surface area contributed by atoms with Crippen LogP contribution in [0.2, 0.25) is 0 Å². The molecule has 1 aromatic rings. The summed E-state index contributed by atoms with van der Waals surface area (Å²) in [5.41, 5.74) is 0.181. The summed E-state index contributed by atoms with van der Waals surface area (Å²) in [4.78, 5) is 14.1. The maximum Gasteiger partial charge on any atom is 0.414 e. The van der Waals surface area contributed by atoms with Crippen LogP contribution in [0, 0.1) is 5.82 Å². The molecule has 4 N–H and O–H groups in total. The Bertz CT molecular complexity index is 667. The van der Waals surface area contributed by atoms with Gasteiger partial charge in [0.2, 0.25) is 0 Å². The molecule has 0 aromatic heterocycles. The van der Waals surface area contributed by atoms with Gasteiger partial charge in [-0.25, -0.2) is 9.18 Å². The van der Waals surface area contributed by atoms with Crippen molar-refractivity contribution in [3.05, 3.63) is 24.0 Å². The zero-order valence-electron chi connectivity index (χ0n) is 15.4. The van der Waals surface area contributed by atoms with Crippen molar-refractivity contribution in [2.75, 3.05) is 29.4 Å². The molecule has 0 bridgehead atoms. The SMILES string of the molecule is CC.CCC1CN(c2ccc(N3CC(O)(O)OC(O)(O)C3)c(F)c2)C(=O)O1. The van der Waals surface area contributed by atoms with E-state index in [2.05, 4.69) is 4.74 Å². The van der Waals surface area contributed by atoms with Crippen molar-refractivity contribution >= 4 is 17.5 Å². The number of aliphatic hydroxyl groups is 4. The van der Waals surface area contributed by atoms with Gasteiger partial charge in [-0.05, 0) is 24.6 Å². The Labute approximate surface area is 156 Å². The van der Waals surface area contributed by atoms with E-state index in [4.69, 9.17) is 4.74 Å². The third-order valence-electron chi connectivity index (χ3n) is 4.03. The van der Waals surface area contributed by atoms with E-state index in [1.165, 1.54) is 17.0 Å². The summed E-state index contributed by atoms with van der Waals surface area (Å²) >= 11 is 0. The molecule has 1 atom stereocenters. The molecule has 9 nitrogen and oxygen atoms in total. The molecule has 1 unspecified atom stereocenters. The molecule has 10 heteroatoms. The highest BCUT2D eigenvalue weighted by Gasteiger charge is 2.46. The Morgan fingerprint density at radius 1 is 1.19 bits per heavy atom. The number of carbonyl (C=O) groups is 1. The minimum atomic E-state index is -2.86. The van der Waals surface area contributed by atoms with Crippen molar-refractivity contribution in [3.63, 3.8) is 0 Å². The normalized spacial score (nSPS) is 23.6. The quantitative estimate of drug-likeness (QED) is 0.558. The van der Waals surface area contributed by atoms with Crippen molar-refractivity contribution in [1.82, 2.24) is 0 Å². The van der Waals surface area contributed by atoms with Crippen LogP contribution in [0.3, 0.4) is 0 Å². The van der Waals surface area contributed by atoms with E-state index in [9.17, 15) is 29.6 Å². The molecule has 2 aliphatic heterocycles. The smallest absolute Gasteiger partial charge is 0.414 e. The molecule has 0 radical (unpaired) electrons. The summed E-state index contributed by atoms with van der Waals surface area (Å²) in [6.07, 6.45) is -0.191. The van der Waals surface area contributed by atoms with Crippen LogP contribution in [0.5, 0.6) is 0 Å². The standard InChI is InChI=1S/C15H19FN2O7.C2H6/c1-2-10-6-18(13(19)24-10)9-3-4-12(11(16)5-9)17-7-14(20,21)25-15(22,23)8-17;1-2/h3-5,10,20-23H,2,6-8H2,1H3;1-2H3. The number of hydrogen-bond donors (Lipinski definition) is 4. The predicted molar refractivity (Wildman–Crippen MR) is 93.3 cm³/mol. The van der Waals surface area contributed by atoms with E-state index >= 15 is 0 Å². The summed E-state index contributed by atoms with van der Waals surface area (Å²) in [5.74, 6) is -6.50. The van der Waals surface area contributed by atoms with Gasteiger partial charge < -0.3 is 30.1 Å². The Morgan fingerprint density at radius 2 is 1.78 bits per heavy atom. The molecule has 0 aliphatic carbocycles. The van der Waals surface area contributed by atoms with Crippen LogP contribution in [0.1, 0.15) is 27.2 Å². The third-order valence-corrected chi connectivity index (χ3v) is 4.03. The van der Waals surface area contributed by atoms with Crippen LogP contribution in [0.15, 0.2) is 18.2 Å². The lowest BCUT2D eigenvalue weighted by Crippen LogP contribution is -2.62. The molecule has 2 aliphatic rings. The number of halogens is 1. The lowest BCUT2D eigenvalue weighted by molar-refractivity contribution is -0.474. The second-order valence-electron chi connectivity index (χ2n) is 6.10. The topological polar surface area (TPSA) is 123 Å². The monoisotopic (exact) mass is 388 g/mol. The van der Waals surface area contributed by atoms with E-state index in [0.29, 0.717) is 13.0 Å². The summed E-state index contributed by atoms with van der Waals surface area (Å²) in [6, 6.07) is 3.85. The number of anilines is 2. The molecule has 27 heavy (non-hydrogen) atoms. The number of morpholine rings is 1. The first-order chi connectivity index (χ1) is 12.6. The third kappa shape index (κ3) is 4.85. The van der Waals surface area contributed by atoms with Crippen molar-refractivity contribution in [3.8, 4) is 0 Å². The van der Waals surface area contributed by atoms with Gasteiger partial charge in [0.25, 0.3) is 0 Å². The van der Waals surface area contributed by atoms with Gasteiger partial charge >= 0.3 is 18.0 Å². The average Bonchev–Trinajstić information content (AvgIpc) is 2.94. The van der Waals surface area contributed by atoms with E-state index in [-0.39, 0.29) is 17.5 Å². The maximum absolute atomic E-state index is 14.5. The first-order valence-electron chi connectivity index (χ1n) is 8.72. The molecule has 152 valence electrons. The van der Waals surface area contributed by atoms with Crippen LogP contribution in [0.4, 0.5) is 20.6 Å². The van der Waals surface area contributed by atoms with Gasteiger partial charge in [0.1, 0.15) is 25.0 Å². The van der Waals surface area contributed by atoms with Gasteiger partial charge in [0.15, 0.2) is 0 Å².